The van der Waals surface area contributed by atoms with Gasteiger partial charge in [0.25, 0.3) is 11.8 Å². The molecular weight excluding hydrogens is 927 g/mol. The first-order valence-electron chi connectivity index (χ1n) is 23.2. The summed E-state index contributed by atoms with van der Waals surface area (Å²) in [6, 6.07) is 6.07. The average Bonchev–Trinajstić information content (AvgIpc) is 4.12. The van der Waals surface area contributed by atoms with Crippen molar-refractivity contribution in [2.24, 2.45) is 5.73 Å². The van der Waals surface area contributed by atoms with Crippen molar-refractivity contribution in [3.63, 3.8) is 0 Å². The van der Waals surface area contributed by atoms with Crippen LogP contribution in [-0.2, 0) is 45.0 Å². The van der Waals surface area contributed by atoms with Gasteiger partial charge in [0.05, 0.1) is 18.4 Å². The molecule has 0 bridgehead atoms. The third-order valence-corrected chi connectivity index (χ3v) is 11.8. The van der Waals surface area contributed by atoms with E-state index in [1.165, 1.54) is 51.3 Å². The molecule has 1 saturated heterocycles. The Hall–Kier alpha value is -6.63. The van der Waals surface area contributed by atoms with E-state index in [1.807, 2.05) is 26.4 Å². The van der Waals surface area contributed by atoms with Gasteiger partial charge in [0, 0.05) is 70.9 Å². The minimum atomic E-state index is -1.42. The number of anilines is 2. The number of amides is 8. The van der Waals surface area contributed by atoms with Gasteiger partial charge in [0.15, 0.2) is 5.65 Å². The standard InChI is InChI=1S/C41H52N12O10.C3H8.C2H7NS/c1-48(40(60)52-19-17-29-36(44-25-45-37(29)52)50(3)28-8-5-4-6-9-28)20-21-49(2)41(61)62-24-26-11-13-27(14-12-26)46-33(55)23-43-38(58)31-10-7-18-51(31)39(59)30(22-32(42)54)47-63-53-34(56)15-16-35(53)57;1-3-2;1-3-4-2/h11-17,19,25,28,30-31,47H,4-10,18,20-24H2,1-3H3,(H2,42,54)(H,43,58)(H,46,55);3H2,1-2H3;3H,1-2H3. The van der Waals surface area contributed by atoms with Crippen molar-refractivity contribution >= 4 is 82.1 Å². The number of imide groups is 1. The zero-order chi connectivity index (χ0) is 51.3. The second kappa shape index (κ2) is 28.1. The first-order chi connectivity index (χ1) is 33.5. The first kappa shape index (κ1) is 56.0. The van der Waals surface area contributed by atoms with Crippen LogP contribution in [0, 0.1) is 0 Å². The van der Waals surface area contributed by atoms with Crippen molar-refractivity contribution < 1.29 is 48.0 Å². The van der Waals surface area contributed by atoms with E-state index in [1.54, 1.807) is 56.5 Å². The second-order valence-corrected chi connectivity index (χ2v) is 17.5. The normalized spacial score (nSPS) is 15.8. The number of rotatable bonds is 18. The number of likely N-dealkylation sites (N-methyl/N-ethyl adjacent to an activating group) is 2. The number of hydroxylamine groups is 3. The SMILES string of the molecule is CCC.CN(CCN(C)C(=O)n1ccc2c(N(C)C3CCCCC3)ncnc21)C(=O)OCc1ccc(NC(=O)CNC(=O)C2CCCN2C(=O)C(CC(N)=O)NON2C(=O)C=CC2=O)cc1.CNSC. The molecule has 70 heavy (non-hydrogen) atoms. The number of fused-ring (bicyclic) bond motifs is 1. The van der Waals surface area contributed by atoms with Crippen LogP contribution in [0.25, 0.3) is 11.0 Å². The number of ether oxygens (including phenoxy) is 1. The second-order valence-electron chi connectivity index (χ2n) is 16.7. The molecule has 2 aromatic heterocycles. The summed E-state index contributed by atoms with van der Waals surface area (Å²) in [5, 5.41) is 6.34. The van der Waals surface area contributed by atoms with Gasteiger partial charge in [-0.05, 0) is 62.7 Å². The van der Waals surface area contributed by atoms with E-state index in [0.717, 1.165) is 36.2 Å². The van der Waals surface area contributed by atoms with E-state index in [4.69, 9.17) is 15.4 Å². The smallest absolute Gasteiger partial charge is 0.409 e. The quantitative estimate of drug-likeness (QED) is 0.0696. The summed E-state index contributed by atoms with van der Waals surface area (Å²) in [5.41, 5.74) is 9.09. The Morgan fingerprint density at radius 3 is 2.17 bits per heavy atom. The minimum absolute atomic E-state index is 0.0564. The Morgan fingerprint density at radius 1 is 0.900 bits per heavy atom. The number of aromatic nitrogens is 3. The largest absolute Gasteiger partial charge is 0.445 e. The number of carbonyl (C=O) groups is 8. The van der Waals surface area contributed by atoms with Gasteiger partial charge in [-0.3, -0.25) is 38.1 Å². The summed E-state index contributed by atoms with van der Waals surface area (Å²) in [6.07, 6.45) is 13.7. The number of benzene rings is 1. The lowest BCUT2D eigenvalue weighted by Gasteiger charge is -2.32. The zero-order valence-electron chi connectivity index (χ0n) is 41.0. The average molecular weight is 994 g/mol. The number of hydrogen-bond donors (Lipinski definition) is 5. The van der Waals surface area contributed by atoms with Crippen LogP contribution in [0.3, 0.4) is 0 Å². The molecule has 24 heteroatoms. The topological polar surface area (TPSA) is 276 Å². The Morgan fingerprint density at radius 2 is 1.54 bits per heavy atom. The lowest BCUT2D eigenvalue weighted by Crippen LogP contribution is -2.55. The number of carbonyl (C=O) groups excluding carboxylic acids is 8. The molecule has 23 nitrogen and oxygen atoms in total. The zero-order valence-corrected chi connectivity index (χ0v) is 41.8. The van der Waals surface area contributed by atoms with Gasteiger partial charge in [0.2, 0.25) is 23.6 Å². The van der Waals surface area contributed by atoms with E-state index in [9.17, 15) is 38.4 Å². The molecule has 3 aromatic rings. The number of likely N-dealkylation sites (tertiary alicyclic amines) is 1. The van der Waals surface area contributed by atoms with Gasteiger partial charge in [0.1, 0.15) is 30.8 Å². The maximum Gasteiger partial charge on any atom is 0.409 e. The van der Waals surface area contributed by atoms with Crippen molar-refractivity contribution in [3.05, 3.63) is 60.6 Å². The van der Waals surface area contributed by atoms with E-state index < -0.39 is 66.6 Å². The molecule has 1 aliphatic carbocycles. The van der Waals surface area contributed by atoms with Gasteiger partial charge in [-0.2, -0.15) is 10.4 Å². The van der Waals surface area contributed by atoms with Gasteiger partial charge >= 0.3 is 12.1 Å². The predicted octanol–water partition coefficient (Wildman–Crippen LogP) is 2.92. The molecule has 2 unspecified atom stereocenters. The monoisotopic (exact) mass is 993 g/mol. The Bertz CT molecular complexity index is 2290. The highest BCUT2D eigenvalue weighted by atomic mass is 32.2. The number of hydrogen-bond acceptors (Lipinski definition) is 16. The highest BCUT2D eigenvalue weighted by Gasteiger charge is 2.39. The van der Waals surface area contributed by atoms with Crippen LogP contribution < -0.4 is 31.5 Å². The number of nitrogens with two attached hydrogens (primary N) is 1. The molecule has 6 rings (SSSR count). The van der Waals surface area contributed by atoms with Crippen LogP contribution >= 0.6 is 11.9 Å². The maximum absolute atomic E-state index is 13.4. The van der Waals surface area contributed by atoms with Crippen LogP contribution in [-0.4, -0.2) is 161 Å². The lowest BCUT2D eigenvalue weighted by atomic mass is 9.94. The minimum Gasteiger partial charge on any atom is -0.445 e. The molecule has 6 N–H and O–H groups in total. The molecule has 0 radical (unpaired) electrons. The van der Waals surface area contributed by atoms with Crippen molar-refractivity contribution in [1.29, 1.82) is 0 Å². The van der Waals surface area contributed by atoms with Crippen molar-refractivity contribution in [2.75, 3.05) is 70.8 Å². The van der Waals surface area contributed by atoms with E-state index in [2.05, 4.69) is 49.6 Å². The molecule has 382 valence electrons. The third kappa shape index (κ3) is 16.0. The fraction of sp³-hybridized carbons (Fsp3) is 0.522. The maximum atomic E-state index is 13.4. The molecule has 1 aromatic carbocycles. The number of primary amides is 1. The van der Waals surface area contributed by atoms with E-state index in [-0.39, 0.29) is 38.7 Å². The Kier molecular flexibility index (Phi) is 22.5. The molecule has 2 aliphatic heterocycles. The van der Waals surface area contributed by atoms with Gasteiger partial charge in [-0.25, -0.2) is 19.6 Å². The van der Waals surface area contributed by atoms with Gasteiger partial charge in [-0.1, -0.05) is 63.6 Å². The first-order valence-corrected chi connectivity index (χ1v) is 24.4. The summed E-state index contributed by atoms with van der Waals surface area (Å²) in [6.45, 7) is 4.36. The molecule has 4 heterocycles. The summed E-state index contributed by atoms with van der Waals surface area (Å²) in [5.74, 6) is -3.57. The Labute approximate surface area is 412 Å². The van der Waals surface area contributed by atoms with E-state index in [0.29, 0.717) is 34.4 Å². The van der Waals surface area contributed by atoms with Crippen molar-refractivity contribution in [2.45, 2.75) is 96.4 Å². The van der Waals surface area contributed by atoms with Crippen molar-refractivity contribution in [1.82, 2.24) is 49.8 Å². The molecule has 2 fully saturated rings. The van der Waals surface area contributed by atoms with Gasteiger partial charge < -0.3 is 40.7 Å². The molecular formula is C46H67N13O10S. The fourth-order valence-electron chi connectivity index (χ4n) is 7.59. The third-order valence-electron chi connectivity index (χ3n) is 11.4. The summed E-state index contributed by atoms with van der Waals surface area (Å²) >= 11 is 1.61. The van der Waals surface area contributed by atoms with Crippen LogP contribution in [0.4, 0.5) is 21.1 Å². The summed E-state index contributed by atoms with van der Waals surface area (Å²) in [7, 11) is 7.15. The lowest BCUT2D eigenvalue weighted by molar-refractivity contribution is -0.213. The van der Waals surface area contributed by atoms with Gasteiger partial charge in [-0.15, -0.1) is 5.06 Å². The number of nitrogens with zero attached hydrogens (tertiary/aromatic N) is 8. The number of nitrogens with one attached hydrogen (secondary N) is 4. The predicted molar refractivity (Wildman–Crippen MR) is 263 cm³/mol. The molecule has 0 spiro atoms. The van der Waals surface area contributed by atoms with Crippen LogP contribution in [0.1, 0.15) is 77.2 Å². The highest BCUT2D eigenvalue weighted by Crippen LogP contribution is 2.30. The Balaban J connectivity index is 0.00000143. The summed E-state index contributed by atoms with van der Waals surface area (Å²) < 4.78 is 9.80. The molecule has 1 saturated carbocycles. The molecule has 8 amide bonds. The van der Waals surface area contributed by atoms with Crippen LogP contribution in [0.15, 0.2) is 55.0 Å². The fourth-order valence-corrected chi connectivity index (χ4v) is 7.59. The van der Waals surface area contributed by atoms with Crippen LogP contribution in [0.5, 0.6) is 0 Å². The van der Waals surface area contributed by atoms with Crippen LogP contribution in [0.2, 0.25) is 0 Å². The highest BCUT2D eigenvalue weighted by molar-refractivity contribution is 7.96. The van der Waals surface area contributed by atoms with Crippen molar-refractivity contribution in [3.8, 4) is 0 Å². The van der Waals surface area contributed by atoms with E-state index >= 15 is 0 Å². The molecule has 3 aliphatic rings. The molecule has 2 atom stereocenters. The summed E-state index contributed by atoms with van der Waals surface area (Å²) in [4.78, 5) is 121.